The van der Waals surface area contributed by atoms with Gasteiger partial charge in [0.25, 0.3) is 5.91 Å². The number of benzene rings is 1. The summed E-state index contributed by atoms with van der Waals surface area (Å²) in [4.78, 5) is 18.8. The van der Waals surface area contributed by atoms with Crippen molar-refractivity contribution in [2.24, 2.45) is 0 Å². The molecule has 3 rings (SSSR count). The average molecular weight is 393 g/mol. The summed E-state index contributed by atoms with van der Waals surface area (Å²) >= 11 is 12.4. The SMILES string of the molecule is COc1ccc(/C=C2\SC(=S)N(c3ccc(Cl)cn3)C2=O)cc1OC. The van der Waals surface area contributed by atoms with Gasteiger partial charge in [-0.1, -0.05) is 41.6 Å². The molecule has 1 fully saturated rings. The maximum atomic E-state index is 12.7. The quantitative estimate of drug-likeness (QED) is 0.575. The fourth-order valence-electron chi connectivity index (χ4n) is 2.26. The summed E-state index contributed by atoms with van der Waals surface area (Å²) in [6.45, 7) is 0. The highest BCUT2D eigenvalue weighted by Crippen LogP contribution is 2.36. The Morgan fingerprint density at radius 3 is 2.60 bits per heavy atom. The lowest BCUT2D eigenvalue weighted by Gasteiger charge is -2.12. The highest BCUT2D eigenvalue weighted by molar-refractivity contribution is 8.27. The Bertz CT molecular complexity index is 869. The van der Waals surface area contributed by atoms with Gasteiger partial charge in [-0.05, 0) is 35.9 Å². The number of anilines is 1. The van der Waals surface area contributed by atoms with E-state index in [1.54, 1.807) is 44.6 Å². The molecule has 5 nitrogen and oxygen atoms in total. The summed E-state index contributed by atoms with van der Waals surface area (Å²) in [5.41, 5.74) is 0.808. The number of hydrogen-bond donors (Lipinski definition) is 0. The van der Waals surface area contributed by atoms with Gasteiger partial charge in [-0.25, -0.2) is 9.88 Å². The lowest BCUT2D eigenvalue weighted by molar-refractivity contribution is -0.113. The third-order valence-corrected chi connectivity index (χ3v) is 4.97. The van der Waals surface area contributed by atoms with E-state index in [9.17, 15) is 4.79 Å². The highest BCUT2D eigenvalue weighted by atomic mass is 35.5. The van der Waals surface area contributed by atoms with Crippen LogP contribution in [0.2, 0.25) is 5.02 Å². The molecule has 0 bridgehead atoms. The van der Waals surface area contributed by atoms with E-state index in [0.29, 0.717) is 31.6 Å². The number of ether oxygens (including phenoxy) is 2. The zero-order valence-corrected chi connectivity index (χ0v) is 15.7. The molecule has 0 N–H and O–H groups in total. The first kappa shape index (κ1) is 17.7. The highest BCUT2D eigenvalue weighted by Gasteiger charge is 2.34. The molecule has 2 heterocycles. The molecule has 1 amide bonds. The van der Waals surface area contributed by atoms with Crippen LogP contribution < -0.4 is 14.4 Å². The summed E-state index contributed by atoms with van der Waals surface area (Å²) in [6, 6.07) is 8.75. The molecule has 0 atom stereocenters. The van der Waals surface area contributed by atoms with Crippen LogP contribution in [-0.2, 0) is 4.79 Å². The van der Waals surface area contributed by atoms with Crippen molar-refractivity contribution in [3.63, 3.8) is 0 Å². The molecule has 0 spiro atoms. The van der Waals surface area contributed by atoms with Crippen molar-refractivity contribution < 1.29 is 14.3 Å². The molecule has 0 unspecified atom stereocenters. The largest absolute Gasteiger partial charge is 0.493 e. The summed E-state index contributed by atoms with van der Waals surface area (Å²) in [6.07, 6.45) is 3.24. The molecule has 0 radical (unpaired) electrons. The molecule has 1 aliphatic heterocycles. The van der Waals surface area contributed by atoms with Crippen LogP contribution in [0, 0.1) is 0 Å². The third-order valence-electron chi connectivity index (χ3n) is 3.44. The van der Waals surface area contributed by atoms with Crippen LogP contribution in [0.5, 0.6) is 11.5 Å². The van der Waals surface area contributed by atoms with Gasteiger partial charge in [0.05, 0.1) is 24.1 Å². The zero-order valence-electron chi connectivity index (χ0n) is 13.4. The zero-order chi connectivity index (χ0) is 18.0. The van der Waals surface area contributed by atoms with Crippen molar-refractivity contribution >= 4 is 57.7 Å². The first-order chi connectivity index (χ1) is 12.0. The van der Waals surface area contributed by atoms with Gasteiger partial charge in [-0.3, -0.25) is 4.79 Å². The molecular weight excluding hydrogens is 380 g/mol. The van der Waals surface area contributed by atoms with Gasteiger partial charge in [0.2, 0.25) is 0 Å². The van der Waals surface area contributed by atoms with Gasteiger partial charge >= 0.3 is 0 Å². The van der Waals surface area contributed by atoms with Crippen molar-refractivity contribution in [2.75, 3.05) is 19.1 Å². The van der Waals surface area contributed by atoms with Crippen LogP contribution in [0.1, 0.15) is 5.56 Å². The Balaban J connectivity index is 1.91. The molecule has 1 aromatic carbocycles. The van der Waals surface area contributed by atoms with E-state index in [0.717, 1.165) is 5.56 Å². The number of carbonyl (C=O) groups excluding carboxylic acids is 1. The number of nitrogens with zero attached hydrogens (tertiary/aromatic N) is 2. The van der Waals surface area contributed by atoms with Crippen LogP contribution in [0.3, 0.4) is 0 Å². The number of methoxy groups -OCH3 is 2. The minimum absolute atomic E-state index is 0.223. The number of amides is 1. The fourth-order valence-corrected chi connectivity index (χ4v) is 3.65. The minimum Gasteiger partial charge on any atom is -0.493 e. The fraction of sp³-hybridized carbons (Fsp3) is 0.118. The molecule has 1 aromatic heterocycles. The first-order valence-corrected chi connectivity index (χ1v) is 8.75. The number of thiocarbonyl (C=S) groups is 1. The molecule has 0 aliphatic carbocycles. The maximum absolute atomic E-state index is 12.7. The normalized spacial score (nSPS) is 15.8. The lowest BCUT2D eigenvalue weighted by atomic mass is 10.2. The van der Waals surface area contributed by atoms with Crippen molar-refractivity contribution in [1.29, 1.82) is 0 Å². The van der Waals surface area contributed by atoms with E-state index in [-0.39, 0.29) is 5.91 Å². The van der Waals surface area contributed by atoms with E-state index in [4.69, 9.17) is 33.3 Å². The van der Waals surface area contributed by atoms with Gasteiger partial charge in [-0.15, -0.1) is 0 Å². The van der Waals surface area contributed by atoms with Crippen molar-refractivity contribution in [2.45, 2.75) is 0 Å². The predicted octanol–water partition coefficient (Wildman–Crippen LogP) is 4.16. The summed E-state index contributed by atoms with van der Waals surface area (Å²) in [5.74, 6) is 1.44. The second-order valence-electron chi connectivity index (χ2n) is 4.97. The number of thioether (sulfide) groups is 1. The summed E-state index contributed by atoms with van der Waals surface area (Å²) in [5, 5.41) is 0.495. The second kappa shape index (κ2) is 7.43. The van der Waals surface area contributed by atoms with Crippen LogP contribution in [0.25, 0.3) is 6.08 Å². The molecular formula is C17H13ClN2O3S2. The molecule has 1 aliphatic rings. The molecule has 0 saturated carbocycles. The van der Waals surface area contributed by atoms with Gasteiger partial charge in [0.15, 0.2) is 15.8 Å². The molecule has 8 heteroatoms. The Labute approximate surface area is 159 Å². The standard InChI is InChI=1S/C17H13ClN2O3S2/c1-22-12-5-3-10(7-13(12)23-2)8-14-16(21)20(17(24)25-14)15-6-4-11(18)9-19-15/h3-9H,1-2H3/b14-8-. The van der Waals surface area contributed by atoms with Crippen molar-refractivity contribution in [3.05, 3.63) is 52.0 Å². The summed E-state index contributed by atoms with van der Waals surface area (Å²) < 4.78 is 10.9. The maximum Gasteiger partial charge on any atom is 0.271 e. The Hall–Kier alpha value is -2.09. The van der Waals surface area contributed by atoms with E-state index in [2.05, 4.69) is 4.98 Å². The Morgan fingerprint density at radius 2 is 1.96 bits per heavy atom. The number of halogens is 1. The first-order valence-electron chi connectivity index (χ1n) is 7.15. The number of aromatic nitrogens is 1. The van der Waals surface area contributed by atoms with Gasteiger partial charge in [0, 0.05) is 6.20 Å². The number of rotatable bonds is 4. The molecule has 2 aromatic rings. The van der Waals surface area contributed by atoms with Gasteiger partial charge in [0.1, 0.15) is 5.82 Å². The minimum atomic E-state index is -0.223. The predicted molar refractivity (Wildman–Crippen MR) is 104 cm³/mol. The Morgan fingerprint density at radius 1 is 1.20 bits per heavy atom. The van der Waals surface area contributed by atoms with Crippen LogP contribution in [0.15, 0.2) is 41.4 Å². The van der Waals surface area contributed by atoms with E-state index < -0.39 is 0 Å². The number of carbonyl (C=O) groups is 1. The smallest absolute Gasteiger partial charge is 0.271 e. The Kier molecular flexibility index (Phi) is 5.27. The van der Waals surface area contributed by atoms with E-state index in [1.807, 2.05) is 6.07 Å². The van der Waals surface area contributed by atoms with Crippen LogP contribution in [-0.4, -0.2) is 29.4 Å². The topological polar surface area (TPSA) is 51.7 Å². The molecule has 128 valence electrons. The number of hydrogen-bond acceptors (Lipinski definition) is 6. The molecule has 25 heavy (non-hydrogen) atoms. The van der Waals surface area contributed by atoms with Crippen LogP contribution in [0.4, 0.5) is 5.82 Å². The van der Waals surface area contributed by atoms with Gasteiger partial charge < -0.3 is 9.47 Å². The van der Waals surface area contributed by atoms with E-state index >= 15 is 0 Å². The molecule has 1 saturated heterocycles. The van der Waals surface area contributed by atoms with Gasteiger partial charge in [-0.2, -0.15) is 0 Å². The van der Waals surface area contributed by atoms with Crippen molar-refractivity contribution in [3.8, 4) is 11.5 Å². The summed E-state index contributed by atoms with van der Waals surface area (Å²) in [7, 11) is 3.13. The van der Waals surface area contributed by atoms with Crippen molar-refractivity contribution in [1.82, 2.24) is 4.98 Å². The lowest BCUT2D eigenvalue weighted by Crippen LogP contribution is -2.28. The van der Waals surface area contributed by atoms with Crippen LogP contribution >= 0.6 is 35.6 Å². The third kappa shape index (κ3) is 3.63. The van der Waals surface area contributed by atoms with E-state index in [1.165, 1.54) is 22.9 Å². The number of pyridine rings is 1. The average Bonchev–Trinajstić information content (AvgIpc) is 2.89. The second-order valence-corrected chi connectivity index (χ2v) is 7.08. The monoisotopic (exact) mass is 392 g/mol.